The highest BCUT2D eigenvalue weighted by molar-refractivity contribution is 8.02. The van der Waals surface area contributed by atoms with E-state index in [9.17, 15) is 4.79 Å². The fourth-order valence-electron chi connectivity index (χ4n) is 2.38. The van der Waals surface area contributed by atoms with Crippen LogP contribution in [-0.2, 0) is 4.79 Å². The van der Waals surface area contributed by atoms with Crippen molar-refractivity contribution in [3.63, 3.8) is 0 Å². The quantitative estimate of drug-likeness (QED) is 0.847. The van der Waals surface area contributed by atoms with Gasteiger partial charge in [0.2, 0.25) is 11.0 Å². The van der Waals surface area contributed by atoms with E-state index in [2.05, 4.69) is 36.3 Å². The molecule has 2 heterocycles. The molecule has 1 aliphatic rings. The number of thioether (sulfide) groups is 1. The average Bonchev–Trinajstić information content (AvgIpc) is 2.70. The van der Waals surface area contributed by atoms with Gasteiger partial charge >= 0.3 is 0 Å². The van der Waals surface area contributed by atoms with Crippen molar-refractivity contribution in [2.24, 2.45) is 0 Å². The Morgan fingerprint density at radius 2 is 1.86 bits per heavy atom. The molecule has 0 aliphatic carbocycles. The summed E-state index contributed by atoms with van der Waals surface area (Å²) in [6, 6.07) is 0. The molecule has 7 heteroatoms. The van der Waals surface area contributed by atoms with Crippen LogP contribution in [0.4, 0.5) is 5.13 Å². The second-order valence-corrected chi connectivity index (χ2v) is 9.31. The summed E-state index contributed by atoms with van der Waals surface area (Å²) < 4.78 is 0.849. The molecule has 1 aliphatic heterocycles. The summed E-state index contributed by atoms with van der Waals surface area (Å²) in [5.74, 6) is 0.229. The molecule has 0 bridgehead atoms. The number of hydrogen-bond donors (Lipinski definition) is 1. The summed E-state index contributed by atoms with van der Waals surface area (Å²) >= 11 is 3.03. The van der Waals surface area contributed by atoms with Crippen molar-refractivity contribution in [2.45, 2.75) is 68.5 Å². The predicted molar refractivity (Wildman–Crippen MR) is 93.7 cm³/mol. The van der Waals surface area contributed by atoms with Crippen molar-refractivity contribution in [1.29, 1.82) is 0 Å². The zero-order valence-corrected chi connectivity index (χ0v) is 15.5. The third kappa shape index (κ3) is 5.43. The van der Waals surface area contributed by atoms with Crippen molar-refractivity contribution < 1.29 is 4.79 Å². The Bertz CT molecular complexity index is 490. The first kappa shape index (κ1) is 17.5. The van der Waals surface area contributed by atoms with Crippen LogP contribution in [0.15, 0.2) is 4.34 Å². The molecular formula is C15H26N4OS2. The highest BCUT2D eigenvalue weighted by atomic mass is 32.2. The van der Waals surface area contributed by atoms with Crippen LogP contribution < -0.4 is 5.32 Å². The Morgan fingerprint density at radius 3 is 2.45 bits per heavy atom. The number of nitrogens with one attached hydrogen (secondary N) is 1. The van der Waals surface area contributed by atoms with Gasteiger partial charge in [-0.1, -0.05) is 35.9 Å². The second kappa shape index (κ2) is 7.64. The van der Waals surface area contributed by atoms with Crippen LogP contribution >= 0.6 is 23.1 Å². The normalized spacial score (nSPS) is 17.9. The Kier molecular flexibility index (Phi) is 6.09. The predicted octanol–water partition coefficient (Wildman–Crippen LogP) is 3.63. The van der Waals surface area contributed by atoms with Crippen LogP contribution in [-0.4, -0.2) is 44.9 Å². The van der Waals surface area contributed by atoms with Crippen molar-refractivity contribution in [3.8, 4) is 0 Å². The van der Waals surface area contributed by atoms with Crippen LogP contribution in [0.5, 0.6) is 0 Å². The zero-order chi connectivity index (χ0) is 16.2. The molecule has 0 saturated carbocycles. The second-order valence-electron chi connectivity index (χ2n) is 6.75. The number of hydrogen-bond acceptors (Lipinski definition) is 6. The molecule has 2 rings (SSSR count). The summed E-state index contributed by atoms with van der Waals surface area (Å²) in [6.07, 6.45) is 4.73. The summed E-state index contributed by atoms with van der Waals surface area (Å²) in [5, 5.41) is 12.4. The van der Waals surface area contributed by atoms with E-state index in [1.54, 1.807) is 0 Å². The molecular weight excluding hydrogens is 316 g/mol. The average molecular weight is 343 g/mol. The van der Waals surface area contributed by atoms with E-state index in [0.29, 0.717) is 0 Å². The molecule has 124 valence electrons. The van der Waals surface area contributed by atoms with Crippen LogP contribution in [0.3, 0.4) is 0 Å². The molecule has 1 fully saturated rings. The van der Waals surface area contributed by atoms with Gasteiger partial charge in [-0.2, -0.15) is 0 Å². The summed E-state index contributed by atoms with van der Waals surface area (Å²) in [6.45, 7) is 10.0. The lowest BCUT2D eigenvalue weighted by Crippen LogP contribution is -2.37. The number of likely N-dealkylation sites (tertiary alicyclic amines) is 1. The number of carbonyl (C=O) groups excluding carboxylic acids is 1. The monoisotopic (exact) mass is 342 g/mol. The van der Waals surface area contributed by atoms with Crippen molar-refractivity contribution in [3.05, 3.63) is 0 Å². The molecule has 1 aromatic heterocycles. The van der Waals surface area contributed by atoms with E-state index >= 15 is 0 Å². The maximum Gasteiger partial charge on any atom is 0.235 e. The lowest BCUT2D eigenvalue weighted by molar-refractivity contribution is -0.130. The highest BCUT2D eigenvalue weighted by Gasteiger charge is 2.24. The minimum atomic E-state index is -0.103. The van der Waals surface area contributed by atoms with Gasteiger partial charge in [-0.05, 0) is 40.5 Å². The highest BCUT2D eigenvalue weighted by Crippen LogP contribution is 2.31. The lowest BCUT2D eigenvalue weighted by Gasteiger charge is -2.23. The first-order chi connectivity index (χ1) is 10.3. The standard InChI is InChI=1S/C15H26N4OS2/c1-11(12(20)19-9-7-5-6-8-10-19)21-14-18-17-13(22-14)16-15(2,3)4/h11H,5-10H2,1-4H3,(H,16,17). The summed E-state index contributed by atoms with van der Waals surface area (Å²) in [7, 11) is 0. The minimum Gasteiger partial charge on any atom is -0.355 e. The van der Waals surface area contributed by atoms with Gasteiger partial charge in [0.1, 0.15) is 0 Å². The van der Waals surface area contributed by atoms with E-state index < -0.39 is 0 Å². The third-order valence-electron chi connectivity index (χ3n) is 3.43. The topological polar surface area (TPSA) is 58.1 Å². The molecule has 5 nitrogen and oxygen atoms in total. The fourth-order valence-corrected chi connectivity index (χ4v) is 4.57. The SMILES string of the molecule is CC(Sc1nnc(NC(C)(C)C)s1)C(=O)N1CCCCCC1. The third-order valence-corrected chi connectivity index (χ3v) is 5.44. The van der Waals surface area contributed by atoms with Gasteiger partial charge in [-0.3, -0.25) is 4.79 Å². The van der Waals surface area contributed by atoms with Gasteiger partial charge in [0, 0.05) is 18.6 Å². The molecule has 0 spiro atoms. The molecule has 1 saturated heterocycles. The maximum absolute atomic E-state index is 12.5. The largest absolute Gasteiger partial charge is 0.355 e. The van der Waals surface area contributed by atoms with Gasteiger partial charge in [0.15, 0.2) is 4.34 Å². The number of carbonyl (C=O) groups is 1. The van der Waals surface area contributed by atoms with Crippen molar-refractivity contribution in [2.75, 3.05) is 18.4 Å². The van der Waals surface area contributed by atoms with Gasteiger partial charge < -0.3 is 10.2 Å². The summed E-state index contributed by atoms with van der Waals surface area (Å²) in [5.41, 5.74) is -0.0328. The van der Waals surface area contributed by atoms with Crippen LogP contribution in [0.1, 0.15) is 53.4 Å². The van der Waals surface area contributed by atoms with Crippen LogP contribution in [0.2, 0.25) is 0 Å². The Balaban J connectivity index is 1.90. The molecule has 1 unspecified atom stereocenters. The van der Waals surface area contributed by atoms with Gasteiger partial charge in [0.05, 0.1) is 5.25 Å². The van der Waals surface area contributed by atoms with Crippen LogP contribution in [0, 0.1) is 0 Å². The Labute approximate surface area is 141 Å². The molecule has 1 aromatic rings. The van der Waals surface area contributed by atoms with Crippen molar-refractivity contribution in [1.82, 2.24) is 15.1 Å². The lowest BCUT2D eigenvalue weighted by atomic mass is 10.1. The molecule has 1 amide bonds. The van der Waals surface area contributed by atoms with E-state index in [-0.39, 0.29) is 16.7 Å². The maximum atomic E-state index is 12.5. The minimum absolute atomic E-state index is 0.0328. The molecule has 1 N–H and O–H groups in total. The number of amides is 1. The van der Waals surface area contributed by atoms with Crippen molar-refractivity contribution >= 4 is 34.1 Å². The van der Waals surface area contributed by atoms with Gasteiger partial charge in [0.25, 0.3) is 0 Å². The Morgan fingerprint density at radius 1 is 1.23 bits per heavy atom. The van der Waals surface area contributed by atoms with E-state index in [1.165, 1.54) is 35.9 Å². The number of aromatic nitrogens is 2. The number of anilines is 1. The van der Waals surface area contributed by atoms with Gasteiger partial charge in [-0.15, -0.1) is 10.2 Å². The fraction of sp³-hybridized carbons (Fsp3) is 0.800. The van der Waals surface area contributed by atoms with Gasteiger partial charge in [-0.25, -0.2) is 0 Å². The molecule has 1 atom stereocenters. The van der Waals surface area contributed by atoms with Crippen LogP contribution in [0.25, 0.3) is 0 Å². The number of rotatable bonds is 4. The van der Waals surface area contributed by atoms with E-state index in [0.717, 1.165) is 35.4 Å². The first-order valence-electron chi connectivity index (χ1n) is 7.92. The molecule has 22 heavy (non-hydrogen) atoms. The summed E-state index contributed by atoms with van der Waals surface area (Å²) in [4.78, 5) is 14.6. The Hall–Kier alpha value is -0.820. The molecule has 0 radical (unpaired) electrons. The van der Waals surface area contributed by atoms with E-state index in [4.69, 9.17) is 0 Å². The smallest absolute Gasteiger partial charge is 0.235 e. The number of nitrogens with zero attached hydrogens (tertiary/aromatic N) is 3. The zero-order valence-electron chi connectivity index (χ0n) is 13.9. The van der Waals surface area contributed by atoms with E-state index in [1.807, 2.05) is 11.8 Å². The first-order valence-corrected chi connectivity index (χ1v) is 9.62. The molecule has 0 aromatic carbocycles.